The Hall–Kier alpha value is -1.81. The molecule has 0 amide bonds. The molecule has 0 aliphatic carbocycles. The summed E-state index contributed by atoms with van der Waals surface area (Å²) in [7, 11) is 1.30. The Morgan fingerprint density at radius 3 is 2.94 bits per heavy atom. The van der Waals surface area contributed by atoms with Crippen molar-refractivity contribution in [2.24, 2.45) is 0 Å². The smallest absolute Gasteiger partial charge is 0.330 e. The van der Waals surface area contributed by atoms with E-state index in [-0.39, 0.29) is 0 Å². The summed E-state index contributed by atoms with van der Waals surface area (Å²) in [4.78, 5) is 10.9. The van der Waals surface area contributed by atoms with Crippen LogP contribution in [0.25, 0.3) is 0 Å². The van der Waals surface area contributed by atoms with Crippen LogP contribution in [-0.2, 0) is 9.53 Å². The summed E-state index contributed by atoms with van der Waals surface area (Å²) in [6.07, 6.45) is 1.48. The molecule has 0 spiro atoms. The third-order valence-electron chi connectivity index (χ3n) is 2.44. The maximum atomic E-state index is 10.9. The average molecular weight is 220 g/mol. The minimum atomic E-state index is -0.739. The van der Waals surface area contributed by atoms with Crippen LogP contribution in [0.1, 0.15) is 11.7 Å². The van der Waals surface area contributed by atoms with Gasteiger partial charge in [-0.1, -0.05) is 18.2 Å². The van der Waals surface area contributed by atoms with E-state index in [4.69, 9.17) is 4.74 Å². The lowest BCUT2D eigenvalue weighted by atomic mass is 10.1. The number of rotatable bonds is 2. The van der Waals surface area contributed by atoms with Crippen molar-refractivity contribution < 1.29 is 19.4 Å². The zero-order valence-corrected chi connectivity index (χ0v) is 8.79. The molecule has 2 unspecified atom stereocenters. The third kappa shape index (κ3) is 1.92. The number of para-hydroxylation sites is 1. The molecule has 1 aliphatic heterocycles. The van der Waals surface area contributed by atoms with Crippen molar-refractivity contribution in [2.75, 3.05) is 7.11 Å². The van der Waals surface area contributed by atoms with Crippen molar-refractivity contribution in [3.63, 3.8) is 0 Å². The lowest BCUT2D eigenvalue weighted by Crippen LogP contribution is -2.15. The van der Waals surface area contributed by atoms with Gasteiger partial charge in [0.1, 0.15) is 18.0 Å². The van der Waals surface area contributed by atoms with Gasteiger partial charge in [-0.25, -0.2) is 4.79 Å². The van der Waals surface area contributed by atoms with E-state index in [1.807, 2.05) is 12.1 Å². The molecular formula is C12H12O4. The van der Waals surface area contributed by atoms with Crippen LogP contribution in [0.15, 0.2) is 36.4 Å². The van der Waals surface area contributed by atoms with Gasteiger partial charge in [-0.15, -0.1) is 0 Å². The van der Waals surface area contributed by atoms with Gasteiger partial charge in [-0.3, -0.25) is 0 Å². The first-order valence-electron chi connectivity index (χ1n) is 4.92. The van der Waals surface area contributed by atoms with Gasteiger partial charge in [0.2, 0.25) is 0 Å². The maximum absolute atomic E-state index is 10.9. The molecule has 2 atom stereocenters. The first-order chi connectivity index (χ1) is 7.72. The van der Waals surface area contributed by atoms with Crippen molar-refractivity contribution >= 4 is 5.97 Å². The number of hydrogen-bond donors (Lipinski definition) is 1. The molecule has 0 aromatic heterocycles. The Morgan fingerprint density at radius 1 is 1.50 bits per heavy atom. The second-order valence-corrected chi connectivity index (χ2v) is 3.45. The van der Waals surface area contributed by atoms with Gasteiger partial charge in [-0.2, -0.15) is 0 Å². The molecule has 1 heterocycles. The summed E-state index contributed by atoms with van der Waals surface area (Å²) in [5.41, 5.74) is 0.738. The molecule has 84 valence electrons. The number of hydrogen-bond acceptors (Lipinski definition) is 4. The van der Waals surface area contributed by atoms with Crippen LogP contribution in [0.5, 0.6) is 5.75 Å². The van der Waals surface area contributed by atoms with E-state index in [1.54, 1.807) is 12.1 Å². The van der Waals surface area contributed by atoms with Gasteiger partial charge >= 0.3 is 5.97 Å². The molecule has 1 aromatic rings. The molecule has 0 saturated carbocycles. The number of methoxy groups -OCH3 is 1. The van der Waals surface area contributed by atoms with E-state index in [1.165, 1.54) is 19.3 Å². The fraction of sp³-hybridized carbons (Fsp3) is 0.250. The number of carbonyl (C=O) groups is 1. The molecule has 0 bridgehead atoms. The van der Waals surface area contributed by atoms with Crippen molar-refractivity contribution in [1.82, 2.24) is 0 Å². The van der Waals surface area contributed by atoms with Crippen LogP contribution < -0.4 is 4.74 Å². The molecule has 1 aliphatic rings. The largest absolute Gasteiger partial charge is 0.483 e. The molecule has 2 rings (SSSR count). The van der Waals surface area contributed by atoms with E-state index < -0.39 is 18.2 Å². The van der Waals surface area contributed by atoms with E-state index in [2.05, 4.69) is 4.74 Å². The van der Waals surface area contributed by atoms with Crippen LogP contribution >= 0.6 is 0 Å². The fourth-order valence-corrected chi connectivity index (χ4v) is 1.61. The molecule has 16 heavy (non-hydrogen) atoms. The number of aliphatic hydroxyl groups is 1. The zero-order valence-electron chi connectivity index (χ0n) is 8.79. The lowest BCUT2D eigenvalue weighted by Gasteiger charge is -2.08. The maximum Gasteiger partial charge on any atom is 0.330 e. The molecule has 0 fully saturated rings. The summed E-state index contributed by atoms with van der Waals surface area (Å²) in [5, 5.41) is 9.90. The highest BCUT2D eigenvalue weighted by Gasteiger charge is 2.30. The van der Waals surface area contributed by atoms with Gasteiger partial charge in [0.25, 0.3) is 0 Å². The third-order valence-corrected chi connectivity index (χ3v) is 2.44. The molecular weight excluding hydrogens is 208 g/mol. The predicted octanol–water partition coefficient (Wildman–Crippen LogP) is 1.21. The number of esters is 1. The first-order valence-corrected chi connectivity index (χ1v) is 4.92. The van der Waals surface area contributed by atoms with Crippen molar-refractivity contribution in [2.45, 2.75) is 12.2 Å². The van der Waals surface area contributed by atoms with Crippen LogP contribution in [0.4, 0.5) is 0 Å². The summed E-state index contributed by atoms with van der Waals surface area (Å²) in [6.45, 7) is 0. The Balaban J connectivity index is 2.13. The van der Waals surface area contributed by atoms with Crippen LogP contribution in [0, 0.1) is 0 Å². The summed E-state index contributed by atoms with van der Waals surface area (Å²) in [6, 6.07) is 7.24. The zero-order chi connectivity index (χ0) is 11.5. The summed E-state index contributed by atoms with van der Waals surface area (Å²) < 4.78 is 9.93. The predicted molar refractivity (Wildman–Crippen MR) is 57.0 cm³/mol. The van der Waals surface area contributed by atoms with Crippen molar-refractivity contribution in [1.29, 1.82) is 0 Å². The highest BCUT2D eigenvalue weighted by Crippen LogP contribution is 2.36. The number of benzene rings is 1. The van der Waals surface area contributed by atoms with Crippen molar-refractivity contribution in [3.8, 4) is 5.75 Å². The summed E-state index contributed by atoms with van der Waals surface area (Å²) in [5.74, 6) is 0.182. The van der Waals surface area contributed by atoms with Crippen LogP contribution in [0.3, 0.4) is 0 Å². The normalized spacial score (nSPS) is 22.9. The number of aliphatic hydroxyl groups excluding tert-OH is 1. The Kier molecular flexibility index (Phi) is 2.92. The van der Waals surface area contributed by atoms with Crippen LogP contribution in [-0.4, -0.2) is 24.3 Å². The standard InChI is InChI=1S/C12H12O4/c1-15-11(13)7-6-10-12(14)8-4-2-3-5-9(8)16-10/h2-7,10,12,14H,1H3/b7-6+. The molecule has 1 aromatic carbocycles. The van der Waals surface area contributed by atoms with Gasteiger partial charge in [0, 0.05) is 11.6 Å². The van der Waals surface area contributed by atoms with Gasteiger partial charge < -0.3 is 14.6 Å². The SMILES string of the molecule is COC(=O)/C=C/C1Oc2ccccc2C1O. The molecule has 0 saturated heterocycles. The quantitative estimate of drug-likeness (QED) is 0.601. The second-order valence-electron chi connectivity index (χ2n) is 3.45. The second kappa shape index (κ2) is 4.37. The number of fused-ring (bicyclic) bond motifs is 1. The Labute approximate surface area is 93.1 Å². The van der Waals surface area contributed by atoms with Gasteiger partial charge in [-0.05, 0) is 12.1 Å². The van der Waals surface area contributed by atoms with Crippen molar-refractivity contribution in [3.05, 3.63) is 42.0 Å². The van der Waals surface area contributed by atoms with Gasteiger partial charge in [0.15, 0.2) is 0 Å². The number of carbonyl (C=O) groups excluding carboxylic acids is 1. The molecule has 4 nitrogen and oxygen atoms in total. The highest BCUT2D eigenvalue weighted by atomic mass is 16.5. The summed E-state index contributed by atoms with van der Waals surface area (Å²) >= 11 is 0. The van der Waals surface area contributed by atoms with Crippen LogP contribution in [0.2, 0.25) is 0 Å². The monoisotopic (exact) mass is 220 g/mol. The minimum absolute atomic E-state index is 0.466. The molecule has 0 radical (unpaired) electrons. The van der Waals surface area contributed by atoms with E-state index in [9.17, 15) is 9.90 Å². The molecule has 1 N–H and O–H groups in total. The van der Waals surface area contributed by atoms with E-state index in [0.29, 0.717) is 5.75 Å². The fourth-order valence-electron chi connectivity index (χ4n) is 1.61. The topological polar surface area (TPSA) is 55.8 Å². The minimum Gasteiger partial charge on any atom is -0.483 e. The highest BCUT2D eigenvalue weighted by molar-refractivity contribution is 5.81. The Morgan fingerprint density at radius 2 is 2.25 bits per heavy atom. The lowest BCUT2D eigenvalue weighted by molar-refractivity contribution is -0.134. The number of ether oxygens (including phenoxy) is 2. The first kappa shape index (κ1) is 10.7. The Bertz CT molecular complexity index is 425. The van der Waals surface area contributed by atoms with E-state index in [0.717, 1.165) is 5.56 Å². The average Bonchev–Trinajstić information content (AvgIpc) is 2.64. The molecule has 4 heteroatoms. The van der Waals surface area contributed by atoms with Gasteiger partial charge in [0.05, 0.1) is 7.11 Å². The van der Waals surface area contributed by atoms with E-state index >= 15 is 0 Å².